The lowest BCUT2D eigenvalue weighted by atomic mass is 10.2. The summed E-state index contributed by atoms with van der Waals surface area (Å²) in [5.74, 6) is -1.89. The Morgan fingerprint density at radius 2 is 2.10 bits per heavy atom. The molecule has 0 aliphatic heterocycles. The molecule has 2 rings (SSSR count). The van der Waals surface area contributed by atoms with Crippen LogP contribution in [0, 0.1) is 21.7 Å². The number of hydrogen-bond acceptors (Lipinski definition) is 5. The number of hydrogen-bond donors (Lipinski definition) is 1. The van der Waals surface area contributed by atoms with Crippen molar-refractivity contribution >= 4 is 11.5 Å². The summed E-state index contributed by atoms with van der Waals surface area (Å²) in [5.41, 5.74) is -0.942. The first-order valence-corrected chi connectivity index (χ1v) is 6.02. The van der Waals surface area contributed by atoms with Gasteiger partial charge in [0, 0.05) is 24.9 Å². The minimum Gasteiger partial charge on any atom is -0.454 e. The van der Waals surface area contributed by atoms with Crippen LogP contribution in [0.15, 0.2) is 30.5 Å². The van der Waals surface area contributed by atoms with E-state index in [9.17, 15) is 18.9 Å². The Morgan fingerprint density at radius 3 is 2.76 bits per heavy atom. The van der Waals surface area contributed by atoms with Crippen LogP contribution in [0.5, 0.6) is 11.5 Å². The number of rotatable bonds is 5. The zero-order valence-corrected chi connectivity index (χ0v) is 11.0. The van der Waals surface area contributed by atoms with E-state index in [2.05, 4.69) is 10.3 Å². The summed E-state index contributed by atoms with van der Waals surface area (Å²) in [4.78, 5) is 13.5. The van der Waals surface area contributed by atoms with Crippen LogP contribution in [-0.2, 0) is 0 Å². The number of aromatic nitrogens is 1. The number of pyridine rings is 1. The van der Waals surface area contributed by atoms with E-state index in [1.807, 2.05) is 6.92 Å². The first kappa shape index (κ1) is 14.6. The van der Waals surface area contributed by atoms with E-state index in [4.69, 9.17) is 4.74 Å². The third-order valence-electron chi connectivity index (χ3n) is 2.52. The molecule has 2 aromatic rings. The van der Waals surface area contributed by atoms with Gasteiger partial charge in [-0.1, -0.05) is 0 Å². The average Bonchev–Trinajstić information content (AvgIpc) is 2.43. The Labute approximate surface area is 118 Å². The standard InChI is InChI=1S/C13H11F2N3O3/c1-2-16-13-5-8(3-4-17-13)21-12-7-9(14)11(18(19)20)6-10(12)15/h3-7H,2H2,1H3,(H,16,17). The Hall–Kier alpha value is -2.77. The van der Waals surface area contributed by atoms with E-state index in [0.717, 1.165) is 0 Å². The normalized spacial score (nSPS) is 10.2. The molecule has 1 aromatic carbocycles. The highest BCUT2D eigenvalue weighted by atomic mass is 19.1. The maximum Gasteiger partial charge on any atom is 0.307 e. The topological polar surface area (TPSA) is 77.3 Å². The Bertz CT molecular complexity index is 680. The summed E-state index contributed by atoms with van der Waals surface area (Å²) >= 11 is 0. The van der Waals surface area contributed by atoms with Crippen molar-refractivity contribution in [2.45, 2.75) is 6.92 Å². The van der Waals surface area contributed by atoms with Crippen molar-refractivity contribution in [2.24, 2.45) is 0 Å². The fourth-order valence-electron chi connectivity index (χ4n) is 1.62. The SMILES string of the molecule is CCNc1cc(Oc2cc(F)c([N+](=O)[O-])cc2F)ccn1. The molecule has 21 heavy (non-hydrogen) atoms. The van der Waals surface area contributed by atoms with Gasteiger partial charge in [-0.25, -0.2) is 9.37 Å². The smallest absolute Gasteiger partial charge is 0.307 e. The molecule has 0 aliphatic rings. The second kappa shape index (κ2) is 6.12. The third kappa shape index (κ3) is 3.41. The van der Waals surface area contributed by atoms with Crippen LogP contribution in [-0.4, -0.2) is 16.5 Å². The van der Waals surface area contributed by atoms with Crippen LogP contribution in [0.4, 0.5) is 20.3 Å². The van der Waals surface area contributed by atoms with Crippen LogP contribution in [0.1, 0.15) is 6.92 Å². The molecule has 0 fully saturated rings. The van der Waals surface area contributed by atoms with Crippen molar-refractivity contribution in [1.29, 1.82) is 0 Å². The number of halogens is 2. The van der Waals surface area contributed by atoms with Gasteiger partial charge in [-0.15, -0.1) is 0 Å². The number of nitro groups is 1. The molecule has 1 N–H and O–H groups in total. The van der Waals surface area contributed by atoms with Crippen LogP contribution >= 0.6 is 0 Å². The number of benzene rings is 1. The predicted octanol–water partition coefficient (Wildman–Crippen LogP) is 3.49. The summed E-state index contributed by atoms with van der Waals surface area (Å²) in [7, 11) is 0. The van der Waals surface area contributed by atoms with E-state index in [-0.39, 0.29) is 5.75 Å². The quantitative estimate of drug-likeness (QED) is 0.675. The van der Waals surface area contributed by atoms with Gasteiger partial charge in [0.15, 0.2) is 11.6 Å². The molecule has 0 unspecified atom stereocenters. The Balaban J connectivity index is 2.29. The van der Waals surface area contributed by atoms with Gasteiger partial charge in [-0.2, -0.15) is 4.39 Å². The zero-order chi connectivity index (χ0) is 15.4. The molecule has 0 bridgehead atoms. The monoisotopic (exact) mass is 295 g/mol. The fraction of sp³-hybridized carbons (Fsp3) is 0.154. The molecular formula is C13H11F2N3O3. The number of anilines is 1. The van der Waals surface area contributed by atoms with Gasteiger partial charge in [0.25, 0.3) is 0 Å². The van der Waals surface area contributed by atoms with Crippen molar-refractivity contribution in [3.05, 3.63) is 52.2 Å². The molecule has 0 aliphatic carbocycles. The Morgan fingerprint density at radius 1 is 1.33 bits per heavy atom. The van der Waals surface area contributed by atoms with E-state index >= 15 is 0 Å². The molecule has 0 radical (unpaired) electrons. The van der Waals surface area contributed by atoms with Crippen molar-refractivity contribution in [1.82, 2.24) is 4.98 Å². The second-order valence-electron chi connectivity index (χ2n) is 4.00. The molecular weight excluding hydrogens is 284 g/mol. The lowest BCUT2D eigenvalue weighted by molar-refractivity contribution is -0.387. The van der Waals surface area contributed by atoms with E-state index in [1.165, 1.54) is 18.3 Å². The molecule has 6 nitrogen and oxygen atoms in total. The molecule has 110 valence electrons. The molecule has 1 heterocycles. The van der Waals surface area contributed by atoms with Crippen molar-refractivity contribution in [3.63, 3.8) is 0 Å². The van der Waals surface area contributed by atoms with E-state index in [0.29, 0.717) is 24.5 Å². The van der Waals surface area contributed by atoms with Gasteiger partial charge in [-0.3, -0.25) is 10.1 Å². The molecule has 8 heteroatoms. The summed E-state index contributed by atoms with van der Waals surface area (Å²) in [6.45, 7) is 2.51. The van der Waals surface area contributed by atoms with Gasteiger partial charge in [0.05, 0.1) is 11.0 Å². The molecule has 0 spiro atoms. The van der Waals surface area contributed by atoms with Gasteiger partial charge in [0.1, 0.15) is 11.6 Å². The van der Waals surface area contributed by atoms with Gasteiger partial charge in [-0.05, 0) is 13.0 Å². The summed E-state index contributed by atoms with van der Waals surface area (Å²) < 4.78 is 32.4. The van der Waals surface area contributed by atoms with Crippen LogP contribution < -0.4 is 10.1 Å². The van der Waals surface area contributed by atoms with Gasteiger partial charge >= 0.3 is 5.69 Å². The van der Waals surface area contributed by atoms with Crippen LogP contribution in [0.2, 0.25) is 0 Å². The molecule has 0 atom stereocenters. The first-order chi connectivity index (χ1) is 10.0. The summed E-state index contributed by atoms with van der Waals surface area (Å²) in [6, 6.07) is 4.08. The maximum atomic E-state index is 13.7. The number of nitrogens with one attached hydrogen (secondary N) is 1. The number of nitro benzene ring substituents is 1. The van der Waals surface area contributed by atoms with Crippen LogP contribution in [0.25, 0.3) is 0 Å². The highest BCUT2D eigenvalue weighted by Gasteiger charge is 2.19. The second-order valence-corrected chi connectivity index (χ2v) is 4.00. The van der Waals surface area contributed by atoms with Crippen molar-refractivity contribution < 1.29 is 18.4 Å². The average molecular weight is 295 g/mol. The Kier molecular flexibility index (Phi) is 4.27. The molecule has 0 saturated carbocycles. The minimum absolute atomic E-state index is 0.230. The molecule has 1 aromatic heterocycles. The van der Waals surface area contributed by atoms with Gasteiger partial charge in [0.2, 0.25) is 5.82 Å². The van der Waals surface area contributed by atoms with Gasteiger partial charge < -0.3 is 10.1 Å². The maximum absolute atomic E-state index is 13.7. The fourth-order valence-corrected chi connectivity index (χ4v) is 1.62. The summed E-state index contributed by atoms with van der Waals surface area (Å²) in [5, 5.41) is 13.4. The van der Waals surface area contributed by atoms with E-state index < -0.39 is 28.0 Å². The van der Waals surface area contributed by atoms with Crippen LogP contribution in [0.3, 0.4) is 0 Å². The lowest BCUT2D eigenvalue weighted by Gasteiger charge is -2.08. The third-order valence-corrected chi connectivity index (χ3v) is 2.52. The van der Waals surface area contributed by atoms with Crippen molar-refractivity contribution in [2.75, 3.05) is 11.9 Å². The highest BCUT2D eigenvalue weighted by Crippen LogP contribution is 2.30. The molecule has 0 saturated heterocycles. The highest BCUT2D eigenvalue weighted by molar-refractivity contribution is 5.44. The number of nitrogens with zero attached hydrogens (tertiary/aromatic N) is 2. The summed E-state index contributed by atoms with van der Waals surface area (Å²) in [6.07, 6.45) is 1.44. The first-order valence-electron chi connectivity index (χ1n) is 6.02. The minimum atomic E-state index is -1.17. The largest absolute Gasteiger partial charge is 0.454 e. The number of ether oxygens (including phenoxy) is 1. The lowest BCUT2D eigenvalue weighted by Crippen LogP contribution is -1.99. The van der Waals surface area contributed by atoms with E-state index in [1.54, 1.807) is 0 Å². The zero-order valence-electron chi connectivity index (χ0n) is 11.0. The predicted molar refractivity (Wildman–Crippen MR) is 71.5 cm³/mol. The van der Waals surface area contributed by atoms with Crippen molar-refractivity contribution in [3.8, 4) is 11.5 Å². The molecule has 0 amide bonds.